The summed E-state index contributed by atoms with van der Waals surface area (Å²) in [6.07, 6.45) is 4.01. The van der Waals surface area contributed by atoms with Crippen molar-refractivity contribution in [2.45, 2.75) is 38.3 Å². The van der Waals surface area contributed by atoms with Crippen molar-refractivity contribution in [1.82, 2.24) is 5.32 Å². The van der Waals surface area contributed by atoms with Crippen LogP contribution in [0.2, 0.25) is 0 Å². The van der Waals surface area contributed by atoms with Gasteiger partial charge in [0, 0.05) is 30.9 Å². The van der Waals surface area contributed by atoms with E-state index in [4.69, 9.17) is 4.74 Å². The number of rotatable bonds is 3. The molecule has 2 atom stereocenters. The SMILES string of the molecule is CCOc1ccc(N2CCN[C@@H]3CCC[C@@H]32)cc1. The number of piperazine rings is 1. The van der Waals surface area contributed by atoms with Gasteiger partial charge in [-0.25, -0.2) is 0 Å². The summed E-state index contributed by atoms with van der Waals surface area (Å²) >= 11 is 0. The number of anilines is 1. The number of nitrogens with zero attached hydrogens (tertiary/aromatic N) is 1. The second-order valence-corrected chi connectivity index (χ2v) is 5.18. The lowest BCUT2D eigenvalue weighted by Crippen LogP contribution is -2.55. The van der Waals surface area contributed by atoms with Crippen molar-refractivity contribution >= 4 is 5.69 Å². The number of fused-ring (bicyclic) bond motifs is 1. The lowest BCUT2D eigenvalue weighted by atomic mass is 10.1. The van der Waals surface area contributed by atoms with Crippen molar-refractivity contribution in [2.24, 2.45) is 0 Å². The topological polar surface area (TPSA) is 24.5 Å². The Balaban J connectivity index is 1.76. The molecular formula is C15H22N2O. The van der Waals surface area contributed by atoms with E-state index in [-0.39, 0.29) is 0 Å². The maximum absolute atomic E-state index is 5.50. The van der Waals surface area contributed by atoms with Crippen molar-refractivity contribution in [3.63, 3.8) is 0 Å². The Morgan fingerprint density at radius 3 is 2.89 bits per heavy atom. The highest BCUT2D eigenvalue weighted by Crippen LogP contribution is 2.31. The molecular weight excluding hydrogens is 224 g/mol. The Bertz CT molecular complexity index is 390. The Hall–Kier alpha value is -1.22. The minimum Gasteiger partial charge on any atom is -0.494 e. The highest BCUT2D eigenvalue weighted by molar-refractivity contribution is 5.51. The molecule has 2 fully saturated rings. The van der Waals surface area contributed by atoms with Gasteiger partial charge in [-0.05, 0) is 50.5 Å². The third-order valence-corrected chi connectivity index (χ3v) is 4.12. The summed E-state index contributed by atoms with van der Waals surface area (Å²) in [6.45, 7) is 4.98. The molecule has 2 aliphatic rings. The molecule has 0 radical (unpaired) electrons. The van der Waals surface area contributed by atoms with E-state index in [1.807, 2.05) is 6.92 Å². The third kappa shape index (κ3) is 2.19. The summed E-state index contributed by atoms with van der Waals surface area (Å²) < 4.78 is 5.50. The molecule has 3 heteroatoms. The number of hydrogen-bond acceptors (Lipinski definition) is 3. The van der Waals surface area contributed by atoms with E-state index in [1.165, 1.54) is 24.9 Å². The van der Waals surface area contributed by atoms with Gasteiger partial charge in [-0.15, -0.1) is 0 Å². The maximum Gasteiger partial charge on any atom is 0.119 e. The fourth-order valence-electron chi connectivity index (χ4n) is 3.31. The van der Waals surface area contributed by atoms with Gasteiger partial charge in [0.15, 0.2) is 0 Å². The number of benzene rings is 1. The van der Waals surface area contributed by atoms with Crippen LogP contribution in [0.15, 0.2) is 24.3 Å². The van der Waals surface area contributed by atoms with Crippen LogP contribution in [0.5, 0.6) is 5.75 Å². The van der Waals surface area contributed by atoms with Gasteiger partial charge < -0.3 is 15.0 Å². The van der Waals surface area contributed by atoms with E-state index < -0.39 is 0 Å². The Labute approximate surface area is 109 Å². The van der Waals surface area contributed by atoms with E-state index in [1.54, 1.807) is 0 Å². The zero-order chi connectivity index (χ0) is 12.4. The van der Waals surface area contributed by atoms with Crippen LogP contribution in [0.4, 0.5) is 5.69 Å². The molecule has 1 saturated heterocycles. The number of hydrogen-bond donors (Lipinski definition) is 1. The lowest BCUT2D eigenvalue weighted by molar-refractivity contribution is 0.340. The minimum absolute atomic E-state index is 0.691. The molecule has 98 valence electrons. The summed E-state index contributed by atoms with van der Waals surface area (Å²) in [5.74, 6) is 0.972. The lowest BCUT2D eigenvalue weighted by Gasteiger charge is -2.40. The molecule has 3 nitrogen and oxygen atoms in total. The number of nitrogens with one attached hydrogen (secondary N) is 1. The average Bonchev–Trinajstić information content (AvgIpc) is 2.88. The first kappa shape index (κ1) is 11.8. The zero-order valence-corrected chi connectivity index (χ0v) is 11.1. The third-order valence-electron chi connectivity index (χ3n) is 4.12. The highest BCUT2D eigenvalue weighted by Gasteiger charge is 2.34. The Kier molecular flexibility index (Phi) is 3.41. The molecule has 1 aliphatic heterocycles. The van der Waals surface area contributed by atoms with Crippen molar-refractivity contribution in [1.29, 1.82) is 0 Å². The zero-order valence-electron chi connectivity index (χ0n) is 11.1. The summed E-state index contributed by atoms with van der Waals surface area (Å²) in [7, 11) is 0. The molecule has 0 bridgehead atoms. The second-order valence-electron chi connectivity index (χ2n) is 5.18. The standard InChI is InChI=1S/C15H22N2O/c1-2-18-13-8-6-12(7-9-13)17-11-10-16-14-4-3-5-15(14)17/h6-9,14-16H,2-5,10-11H2,1H3/t14-,15+/m1/s1. The molecule has 1 aromatic carbocycles. The van der Waals surface area contributed by atoms with Crippen LogP contribution < -0.4 is 15.0 Å². The van der Waals surface area contributed by atoms with Gasteiger partial charge in [0.05, 0.1) is 6.61 Å². The molecule has 0 aromatic heterocycles. The fraction of sp³-hybridized carbons (Fsp3) is 0.600. The quantitative estimate of drug-likeness (QED) is 0.886. The fourth-order valence-corrected chi connectivity index (χ4v) is 3.31. The first-order chi connectivity index (χ1) is 8.88. The summed E-state index contributed by atoms with van der Waals surface area (Å²) in [6, 6.07) is 9.97. The molecule has 1 heterocycles. The molecule has 0 unspecified atom stereocenters. The van der Waals surface area contributed by atoms with Gasteiger partial charge in [-0.3, -0.25) is 0 Å². The Morgan fingerprint density at radius 2 is 2.11 bits per heavy atom. The van der Waals surface area contributed by atoms with Crippen molar-refractivity contribution in [3.8, 4) is 5.75 Å². The monoisotopic (exact) mass is 246 g/mol. The molecule has 3 rings (SSSR count). The van der Waals surface area contributed by atoms with E-state index in [0.717, 1.165) is 25.4 Å². The maximum atomic E-state index is 5.50. The molecule has 1 N–H and O–H groups in total. The average molecular weight is 246 g/mol. The van der Waals surface area contributed by atoms with Crippen molar-refractivity contribution in [3.05, 3.63) is 24.3 Å². The van der Waals surface area contributed by atoms with Gasteiger partial charge >= 0.3 is 0 Å². The predicted molar refractivity (Wildman–Crippen MR) is 74.4 cm³/mol. The summed E-state index contributed by atoms with van der Waals surface area (Å²) in [4.78, 5) is 2.57. The van der Waals surface area contributed by atoms with Crippen molar-refractivity contribution in [2.75, 3.05) is 24.6 Å². The van der Waals surface area contributed by atoms with Crippen LogP contribution >= 0.6 is 0 Å². The number of ether oxygens (including phenoxy) is 1. The smallest absolute Gasteiger partial charge is 0.119 e. The largest absolute Gasteiger partial charge is 0.494 e. The van der Waals surface area contributed by atoms with Crippen LogP contribution in [-0.2, 0) is 0 Å². The van der Waals surface area contributed by atoms with Crippen LogP contribution in [-0.4, -0.2) is 31.8 Å². The second kappa shape index (κ2) is 5.19. The van der Waals surface area contributed by atoms with Crippen LogP contribution in [0.25, 0.3) is 0 Å². The molecule has 0 amide bonds. The molecule has 18 heavy (non-hydrogen) atoms. The first-order valence-corrected chi connectivity index (χ1v) is 7.11. The Morgan fingerprint density at radius 1 is 1.28 bits per heavy atom. The summed E-state index contributed by atoms with van der Waals surface area (Å²) in [5, 5.41) is 3.65. The van der Waals surface area contributed by atoms with Crippen molar-refractivity contribution < 1.29 is 4.74 Å². The molecule has 1 saturated carbocycles. The predicted octanol–water partition coefficient (Wildman–Crippen LogP) is 2.42. The van der Waals surface area contributed by atoms with E-state index in [2.05, 4.69) is 34.5 Å². The van der Waals surface area contributed by atoms with Gasteiger partial charge in [-0.2, -0.15) is 0 Å². The van der Waals surface area contributed by atoms with Crippen LogP contribution in [0.3, 0.4) is 0 Å². The van der Waals surface area contributed by atoms with Gasteiger partial charge in [0.1, 0.15) is 5.75 Å². The molecule has 1 aromatic rings. The minimum atomic E-state index is 0.691. The van der Waals surface area contributed by atoms with Gasteiger partial charge in [0.2, 0.25) is 0 Å². The first-order valence-electron chi connectivity index (χ1n) is 7.11. The van der Waals surface area contributed by atoms with Crippen LogP contribution in [0, 0.1) is 0 Å². The molecule has 1 aliphatic carbocycles. The van der Waals surface area contributed by atoms with Gasteiger partial charge in [-0.1, -0.05) is 0 Å². The van der Waals surface area contributed by atoms with Gasteiger partial charge in [0.25, 0.3) is 0 Å². The van der Waals surface area contributed by atoms with E-state index >= 15 is 0 Å². The van der Waals surface area contributed by atoms with Crippen LogP contribution in [0.1, 0.15) is 26.2 Å². The summed E-state index contributed by atoms with van der Waals surface area (Å²) in [5.41, 5.74) is 1.34. The van der Waals surface area contributed by atoms with E-state index in [9.17, 15) is 0 Å². The highest BCUT2D eigenvalue weighted by atomic mass is 16.5. The normalized spacial score (nSPS) is 27.1. The molecule has 0 spiro atoms. The van der Waals surface area contributed by atoms with E-state index in [0.29, 0.717) is 12.1 Å².